The van der Waals surface area contributed by atoms with Crippen molar-refractivity contribution in [1.82, 2.24) is 14.1 Å². The highest BCUT2D eigenvalue weighted by atomic mass is 32.2. The van der Waals surface area contributed by atoms with E-state index in [0.29, 0.717) is 5.69 Å². The lowest BCUT2D eigenvalue weighted by atomic mass is 10.2. The quantitative estimate of drug-likeness (QED) is 0.370. The van der Waals surface area contributed by atoms with E-state index in [0.717, 1.165) is 22.6 Å². The molecule has 0 saturated carbocycles. The highest BCUT2D eigenvalue weighted by Crippen LogP contribution is 2.24. The topological polar surface area (TPSA) is 73.7 Å². The van der Waals surface area contributed by atoms with Gasteiger partial charge in [0.1, 0.15) is 11.5 Å². The number of nitrogens with zero attached hydrogens (tertiary/aromatic N) is 3. The minimum Gasteiger partial charge on any atom is -0.497 e. The van der Waals surface area contributed by atoms with Crippen LogP contribution in [-0.2, 0) is 23.1 Å². The van der Waals surface area contributed by atoms with E-state index >= 15 is 0 Å². The first kappa shape index (κ1) is 22.6. The first-order valence-electron chi connectivity index (χ1n) is 10.4. The molecule has 0 spiro atoms. The Morgan fingerprint density at radius 2 is 1.39 bits per heavy atom. The number of benzene rings is 3. The van der Waals surface area contributed by atoms with E-state index in [1.807, 2.05) is 54.6 Å². The standard InChI is InChI=1S/C25H25N3O4S/c1-31-23-11-7-20(8-12-23)18-27(19-21-9-13-24(32-2)14-10-21)33(29,30)25-6-3-5-22(17-25)28-16-4-15-26-28/h3-17H,18-19H2,1-2H3. The van der Waals surface area contributed by atoms with E-state index in [4.69, 9.17) is 9.47 Å². The molecule has 170 valence electrons. The molecule has 0 amide bonds. The minimum atomic E-state index is -3.81. The molecule has 0 bridgehead atoms. The van der Waals surface area contributed by atoms with Crippen LogP contribution in [0.3, 0.4) is 0 Å². The van der Waals surface area contributed by atoms with Gasteiger partial charge >= 0.3 is 0 Å². The molecule has 3 aromatic carbocycles. The first-order valence-corrected chi connectivity index (χ1v) is 11.8. The monoisotopic (exact) mass is 463 g/mol. The Bertz CT molecular complexity index is 1240. The first-order chi connectivity index (χ1) is 16.0. The number of aromatic nitrogens is 2. The van der Waals surface area contributed by atoms with E-state index in [-0.39, 0.29) is 18.0 Å². The van der Waals surface area contributed by atoms with Crippen LogP contribution >= 0.6 is 0 Å². The van der Waals surface area contributed by atoms with E-state index in [1.165, 1.54) is 4.31 Å². The van der Waals surface area contributed by atoms with Crippen LogP contribution in [-0.4, -0.2) is 36.7 Å². The van der Waals surface area contributed by atoms with Crippen molar-refractivity contribution in [3.8, 4) is 17.2 Å². The van der Waals surface area contributed by atoms with Crippen LogP contribution in [0.5, 0.6) is 11.5 Å². The van der Waals surface area contributed by atoms with Gasteiger partial charge in [-0.25, -0.2) is 13.1 Å². The zero-order valence-electron chi connectivity index (χ0n) is 18.5. The third-order valence-electron chi connectivity index (χ3n) is 5.26. The number of hydrogen-bond acceptors (Lipinski definition) is 5. The van der Waals surface area contributed by atoms with Crippen molar-refractivity contribution < 1.29 is 17.9 Å². The number of rotatable bonds is 9. The van der Waals surface area contributed by atoms with Gasteiger partial charge in [-0.15, -0.1) is 0 Å². The molecule has 0 atom stereocenters. The van der Waals surface area contributed by atoms with Crippen LogP contribution in [0.15, 0.2) is 96.2 Å². The molecule has 4 rings (SSSR count). The molecule has 0 aliphatic rings. The van der Waals surface area contributed by atoms with E-state index in [2.05, 4.69) is 5.10 Å². The Kier molecular flexibility index (Phi) is 6.76. The van der Waals surface area contributed by atoms with Gasteiger partial charge in [-0.3, -0.25) is 0 Å². The van der Waals surface area contributed by atoms with Gasteiger partial charge in [-0.2, -0.15) is 9.40 Å². The molecule has 0 aliphatic carbocycles. The molecule has 8 heteroatoms. The molecule has 33 heavy (non-hydrogen) atoms. The van der Waals surface area contributed by atoms with Gasteiger partial charge in [-0.1, -0.05) is 30.3 Å². The van der Waals surface area contributed by atoms with Crippen molar-refractivity contribution in [2.75, 3.05) is 14.2 Å². The fourth-order valence-corrected chi connectivity index (χ4v) is 4.91. The molecule has 1 aromatic heterocycles. The van der Waals surface area contributed by atoms with E-state index in [1.54, 1.807) is 55.6 Å². The Labute approximate surface area is 193 Å². The molecule has 0 N–H and O–H groups in total. The maximum Gasteiger partial charge on any atom is 0.243 e. The van der Waals surface area contributed by atoms with Gasteiger partial charge in [0.05, 0.1) is 24.8 Å². The van der Waals surface area contributed by atoms with Crippen molar-refractivity contribution in [2.45, 2.75) is 18.0 Å². The van der Waals surface area contributed by atoms with Crippen LogP contribution in [0.2, 0.25) is 0 Å². The Hall–Kier alpha value is -3.62. The molecule has 7 nitrogen and oxygen atoms in total. The van der Waals surface area contributed by atoms with Gasteiger partial charge in [0.15, 0.2) is 0 Å². The predicted octanol–water partition coefficient (Wildman–Crippen LogP) is 4.28. The zero-order valence-corrected chi connectivity index (χ0v) is 19.3. The summed E-state index contributed by atoms with van der Waals surface area (Å²) in [6.07, 6.45) is 3.43. The number of hydrogen-bond donors (Lipinski definition) is 0. The van der Waals surface area contributed by atoms with Gasteiger partial charge in [0.25, 0.3) is 0 Å². The maximum atomic E-state index is 13.8. The van der Waals surface area contributed by atoms with E-state index < -0.39 is 10.0 Å². The summed E-state index contributed by atoms with van der Waals surface area (Å²) in [5.41, 5.74) is 2.39. The third-order valence-corrected chi connectivity index (χ3v) is 7.05. The summed E-state index contributed by atoms with van der Waals surface area (Å²) in [5.74, 6) is 1.44. The van der Waals surface area contributed by atoms with Gasteiger partial charge < -0.3 is 9.47 Å². The van der Waals surface area contributed by atoms with Crippen molar-refractivity contribution >= 4 is 10.0 Å². The normalized spacial score (nSPS) is 11.5. The second-order valence-corrected chi connectivity index (χ2v) is 9.36. The molecule has 0 aliphatic heterocycles. The average molecular weight is 464 g/mol. The number of methoxy groups -OCH3 is 2. The van der Waals surface area contributed by atoms with Gasteiger partial charge in [0, 0.05) is 25.5 Å². The summed E-state index contributed by atoms with van der Waals surface area (Å²) < 4.78 is 41.1. The molecule has 0 radical (unpaired) electrons. The molecule has 0 saturated heterocycles. The lowest BCUT2D eigenvalue weighted by Crippen LogP contribution is -2.30. The maximum absolute atomic E-state index is 13.8. The molecule has 0 unspecified atom stereocenters. The van der Waals surface area contributed by atoms with Crippen molar-refractivity contribution in [2.24, 2.45) is 0 Å². The number of ether oxygens (including phenoxy) is 2. The fourth-order valence-electron chi connectivity index (χ4n) is 3.45. The second-order valence-electron chi connectivity index (χ2n) is 7.42. The van der Waals surface area contributed by atoms with Crippen LogP contribution in [0.4, 0.5) is 0 Å². The number of sulfonamides is 1. The summed E-state index contributed by atoms with van der Waals surface area (Å²) in [6, 6.07) is 23.4. The summed E-state index contributed by atoms with van der Waals surface area (Å²) in [5, 5.41) is 4.21. The molecule has 4 aromatic rings. The Morgan fingerprint density at radius 1 is 0.818 bits per heavy atom. The van der Waals surface area contributed by atoms with E-state index in [9.17, 15) is 8.42 Å². The van der Waals surface area contributed by atoms with Gasteiger partial charge in [-0.05, 0) is 59.7 Å². The van der Waals surface area contributed by atoms with Gasteiger partial charge in [0.2, 0.25) is 10.0 Å². The summed E-state index contributed by atoms with van der Waals surface area (Å²) in [4.78, 5) is 0.206. The summed E-state index contributed by atoms with van der Waals surface area (Å²) in [6.45, 7) is 0.425. The highest BCUT2D eigenvalue weighted by Gasteiger charge is 2.25. The molecular formula is C25H25N3O4S. The summed E-state index contributed by atoms with van der Waals surface area (Å²) >= 11 is 0. The summed E-state index contributed by atoms with van der Waals surface area (Å²) in [7, 11) is -0.614. The lowest BCUT2D eigenvalue weighted by Gasteiger charge is -2.23. The van der Waals surface area contributed by atoms with Crippen LogP contribution in [0.25, 0.3) is 5.69 Å². The third kappa shape index (κ3) is 5.24. The average Bonchev–Trinajstić information content (AvgIpc) is 3.40. The van der Waals surface area contributed by atoms with Crippen molar-refractivity contribution in [3.05, 3.63) is 102 Å². The fraction of sp³-hybridized carbons (Fsp3) is 0.160. The second kappa shape index (κ2) is 9.89. The zero-order chi connectivity index (χ0) is 23.3. The minimum absolute atomic E-state index is 0.206. The van der Waals surface area contributed by atoms with Crippen LogP contribution in [0.1, 0.15) is 11.1 Å². The SMILES string of the molecule is COc1ccc(CN(Cc2ccc(OC)cc2)S(=O)(=O)c2cccc(-n3cccn3)c2)cc1. The van der Waals surface area contributed by atoms with Crippen molar-refractivity contribution in [3.63, 3.8) is 0 Å². The molecule has 0 fully saturated rings. The Balaban J connectivity index is 1.69. The Morgan fingerprint density at radius 3 is 1.88 bits per heavy atom. The molecular weight excluding hydrogens is 438 g/mol. The molecule has 1 heterocycles. The predicted molar refractivity (Wildman–Crippen MR) is 126 cm³/mol. The highest BCUT2D eigenvalue weighted by molar-refractivity contribution is 7.89. The largest absolute Gasteiger partial charge is 0.497 e. The van der Waals surface area contributed by atoms with Crippen molar-refractivity contribution in [1.29, 1.82) is 0 Å². The van der Waals surface area contributed by atoms with Crippen LogP contribution in [0, 0.1) is 0 Å². The lowest BCUT2D eigenvalue weighted by molar-refractivity contribution is 0.397. The smallest absolute Gasteiger partial charge is 0.243 e. The van der Waals surface area contributed by atoms with Crippen LogP contribution < -0.4 is 9.47 Å².